The molecule has 6 heteroatoms. The number of nitrogens with zero attached hydrogens (tertiary/aromatic N) is 1. The van der Waals surface area contributed by atoms with Gasteiger partial charge in [-0.25, -0.2) is 4.98 Å². The number of nitrogens with one attached hydrogen (secondary N) is 2. The molecule has 1 aromatic heterocycles. The van der Waals surface area contributed by atoms with Crippen LogP contribution in [-0.2, 0) is 11.2 Å². The summed E-state index contributed by atoms with van der Waals surface area (Å²) in [6, 6.07) is 9.14. The van der Waals surface area contributed by atoms with E-state index in [1.165, 1.54) is 0 Å². The van der Waals surface area contributed by atoms with E-state index in [-0.39, 0.29) is 12.3 Å². The average Bonchev–Trinajstić information content (AvgIpc) is 2.62. The molecule has 1 heterocycles. The van der Waals surface area contributed by atoms with Crippen LogP contribution < -0.4 is 20.1 Å². The van der Waals surface area contributed by atoms with Gasteiger partial charge in [-0.15, -0.1) is 0 Å². The second kappa shape index (κ2) is 9.65. The van der Waals surface area contributed by atoms with E-state index in [4.69, 9.17) is 9.47 Å². The molecular weight excluding hydrogens is 330 g/mol. The van der Waals surface area contributed by atoms with E-state index in [9.17, 15) is 4.79 Å². The number of amides is 1. The van der Waals surface area contributed by atoms with Crippen molar-refractivity contribution in [3.63, 3.8) is 0 Å². The number of rotatable bonds is 9. The Labute approximate surface area is 154 Å². The van der Waals surface area contributed by atoms with Crippen molar-refractivity contribution < 1.29 is 14.3 Å². The van der Waals surface area contributed by atoms with Gasteiger partial charge in [0.05, 0.1) is 32.5 Å². The van der Waals surface area contributed by atoms with Gasteiger partial charge in [0.25, 0.3) is 0 Å². The summed E-state index contributed by atoms with van der Waals surface area (Å²) in [7, 11) is 3.15. The lowest BCUT2D eigenvalue weighted by Crippen LogP contribution is -2.15. The molecule has 2 rings (SSSR count). The van der Waals surface area contributed by atoms with Crippen LogP contribution in [0.4, 0.5) is 11.5 Å². The van der Waals surface area contributed by atoms with E-state index < -0.39 is 0 Å². The van der Waals surface area contributed by atoms with Crippen LogP contribution in [0.25, 0.3) is 0 Å². The number of methoxy groups -OCH3 is 2. The first-order valence-electron chi connectivity index (χ1n) is 8.72. The molecule has 2 aromatic rings. The van der Waals surface area contributed by atoms with E-state index in [1.54, 1.807) is 38.6 Å². The maximum atomic E-state index is 12.2. The van der Waals surface area contributed by atoms with E-state index in [1.807, 2.05) is 12.1 Å². The van der Waals surface area contributed by atoms with Gasteiger partial charge in [0.15, 0.2) is 11.5 Å². The molecule has 140 valence electrons. The predicted octanol–water partition coefficient (Wildman–Crippen LogP) is 3.74. The van der Waals surface area contributed by atoms with Crippen molar-refractivity contribution in [1.29, 1.82) is 0 Å². The number of aromatic nitrogens is 1. The Morgan fingerprint density at radius 2 is 1.88 bits per heavy atom. The van der Waals surface area contributed by atoms with Crippen LogP contribution in [0.3, 0.4) is 0 Å². The third-order valence-corrected chi connectivity index (χ3v) is 3.89. The van der Waals surface area contributed by atoms with Gasteiger partial charge in [0.2, 0.25) is 5.91 Å². The molecule has 0 radical (unpaired) electrons. The van der Waals surface area contributed by atoms with Crippen LogP contribution in [0, 0.1) is 5.92 Å². The van der Waals surface area contributed by atoms with Crippen molar-refractivity contribution in [2.24, 2.45) is 5.92 Å². The minimum absolute atomic E-state index is 0.134. The smallest absolute Gasteiger partial charge is 0.229 e. The molecule has 0 saturated carbocycles. The number of carbonyl (C=O) groups is 1. The molecule has 26 heavy (non-hydrogen) atoms. The zero-order chi connectivity index (χ0) is 18.9. The first-order valence-corrected chi connectivity index (χ1v) is 8.72. The largest absolute Gasteiger partial charge is 0.493 e. The minimum Gasteiger partial charge on any atom is -0.493 e. The number of hydrogen-bond donors (Lipinski definition) is 2. The molecule has 1 aromatic carbocycles. The number of benzene rings is 1. The monoisotopic (exact) mass is 357 g/mol. The van der Waals surface area contributed by atoms with Gasteiger partial charge in [-0.3, -0.25) is 4.79 Å². The molecule has 6 nitrogen and oxygen atoms in total. The number of hydrogen-bond acceptors (Lipinski definition) is 5. The Kier molecular flexibility index (Phi) is 7.26. The van der Waals surface area contributed by atoms with E-state index in [0.717, 1.165) is 24.2 Å². The molecule has 2 N–H and O–H groups in total. The van der Waals surface area contributed by atoms with Gasteiger partial charge < -0.3 is 20.1 Å². The SMILES string of the molecule is COc1ccc(CC(=O)Nc2ccc(NCCC(C)C)cn2)cc1OC. The van der Waals surface area contributed by atoms with Crippen molar-refractivity contribution in [3.8, 4) is 11.5 Å². The summed E-state index contributed by atoms with van der Waals surface area (Å²) in [6.07, 6.45) is 3.06. The fourth-order valence-corrected chi connectivity index (χ4v) is 2.44. The highest BCUT2D eigenvalue weighted by Gasteiger charge is 2.09. The second-order valence-electron chi connectivity index (χ2n) is 6.46. The van der Waals surface area contributed by atoms with Gasteiger partial charge in [-0.05, 0) is 42.2 Å². The molecule has 0 bridgehead atoms. The molecule has 0 aliphatic carbocycles. The zero-order valence-electron chi connectivity index (χ0n) is 15.8. The lowest BCUT2D eigenvalue weighted by molar-refractivity contribution is -0.115. The fourth-order valence-electron chi connectivity index (χ4n) is 2.44. The van der Waals surface area contributed by atoms with Crippen molar-refractivity contribution in [1.82, 2.24) is 4.98 Å². The summed E-state index contributed by atoms with van der Waals surface area (Å²) in [5.74, 6) is 2.30. The van der Waals surface area contributed by atoms with Crippen molar-refractivity contribution >= 4 is 17.4 Å². The van der Waals surface area contributed by atoms with Crippen LogP contribution in [0.2, 0.25) is 0 Å². The molecule has 0 aliphatic rings. The van der Waals surface area contributed by atoms with Crippen LogP contribution in [0.5, 0.6) is 11.5 Å². The van der Waals surface area contributed by atoms with Crippen LogP contribution in [0.1, 0.15) is 25.8 Å². The Morgan fingerprint density at radius 1 is 1.12 bits per heavy atom. The Morgan fingerprint density at radius 3 is 2.50 bits per heavy atom. The quantitative estimate of drug-likeness (QED) is 0.715. The summed E-state index contributed by atoms with van der Waals surface area (Å²) in [5, 5.41) is 6.13. The van der Waals surface area contributed by atoms with Gasteiger partial charge in [0, 0.05) is 6.54 Å². The fraction of sp³-hybridized carbons (Fsp3) is 0.400. The van der Waals surface area contributed by atoms with Gasteiger partial charge in [-0.2, -0.15) is 0 Å². The highest BCUT2D eigenvalue weighted by molar-refractivity contribution is 5.91. The summed E-state index contributed by atoms with van der Waals surface area (Å²) in [6.45, 7) is 5.29. The highest BCUT2D eigenvalue weighted by Crippen LogP contribution is 2.27. The van der Waals surface area contributed by atoms with Crippen molar-refractivity contribution in [3.05, 3.63) is 42.1 Å². The molecule has 0 atom stereocenters. The number of pyridine rings is 1. The number of anilines is 2. The molecule has 1 amide bonds. The van der Waals surface area contributed by atoms with Crippen LogP contribution in [0.15, 0.2) is 36.5 Å². The van der Waals surface area contributed by atoms with Crippen LogP contribution >= 0.6 is 0 Å². The molecule has 0 saturated heterocycles. The van der Waals surface area contributed by atoms with Crippen molar-refractivity contribution in [2.75, 3.05) is 31.4 Å². The van der Waals surface area contributed by atoms with Crippen LogP contribution in [-0.4, -0.2) is 31.7 Å². The maximum Gasteiger partial charge on any atom is 0.229 e. The first kappa shape index (κ1) is 19.6. The molecule has 0 spiro atoms. The predicted molar refractivity (Wildman–Crippen MR) is 104 cm³/mol. The Bertz CT molecular complexity index is 715. The summed E-state index contributed by atoms with van der Waals surface area (Å²) >= 11 is 0. The molecule has 0 fully saturated rings. The molecule has 0 aliphatic heterocycles. The topological polar surface area (TPSA) is 72.5 Å². The third-order valence-electron chi connectivity index (χ3n) is 3.89. The van der Waals surface area contributed by atoms with Gasteiger partial charge in [-0.1, -0.05) is 19.9 Å². The van der Waals surface area contributed by atoms with E-state index >= 15 is 0 Å². The van der Waals surface area contributed by atoms with Crippen molar-refractivity contribution in [2.45, 2.75) is 26.7 Å². The highest BCUT2D eigenvalue weighted by atomic mass is 16.5. The summed E-state index contributed by atoms with van der Waals surface area (Å²) in [5.41, 5.74) is 1.79. The first-order chi connectivity index (χ1) is 12.5. The Hall–Kier alpha value is -2.76. The summed E-state index contributed by atoms with van der Waals surface area (Å²) < 4.78 is 10.5. The average molecular weight is 357 g/mol. The lowest BCUT2D eigenvalue weighted by Gasteiger charge is -2.10. The van der Waals surface area contributed by atoms with E-state index in [2.05, 4.69) is 29.5 Å². The van der Waals surface area contributed by atoms with E-state index in [0.29, 0.717) is 23.2 Å². The summed E-state index contributed by atoms with van der Waals surface area (Å²) in [4.78, 5) is 16.5. The van der Waals surface area contributed by atoms with Gasteiger partial charge >= 0.3 is 0 Å². The lowest BCUT2D eigenvalue weighted by atomic mass is 10.1. The normalized spacial score (nSPS) is 10.5. The number of ether oxygens (including phenoxy) is 2. The molecular formula is C20H27N3O3. The second-order valence-corrected chi connectivity index (χ2v) is 6.46. The Balaban J connectivity index is 1.89. The maximum absolute atomic E-state index is 12.2. The third kappa shape index (κ3) is 5.95. The number of carbonyl (C=O) groups excluding carboxylic acids is 1. The van der Waals surface area contributed by atoms with Gasteiger partial charge in [0.1, 0.15) is 5.82 Å². The molecule has 0 unspecified atom stereocenters. The zero-order valence-corrected chi connectivity index (χ0v) is 15.8. The minimum atomic E-state index is -0.134. The standard InChI is InChI=1S/C20H27N3O3/c1-14(2)9-10-21-16-6-8-19(22-13-16)23-20(24)12-15-5-7-17(25-3)18(11-15)26-4/h5-8,11,13-14,21H,9-10,12H2,1-4H3,(H,22,23,24).